The van der Waals surface area contributed by atoms with Gasteiger partial charge in [0.1, 0.15) is 0 Å². The number of carbonyl (C=O) groups is 1. The minimum absolute atomic E-state index is 0.856. The Bertz CT molecular complexity index is 563. The number of benzene rings is 1. The van der Waals surface area contributed by atoms with Crippen LogP contribution in [0.2, 0.25) is 0 Å². The zero-order valence-electron chi connectivity index (χ0n) is 8.31. The summed E-state index contributed by atoms with van der Waals surface area (Å²) in [5, 5.41) is 1.08. The fourth-order valence-corrected chi connectivity index (χ4v) is 2.32. The van der Waals surface area contributed by atoms with E-state index in [-0.39, 0.29) is 0 Å². The van der Waals surface area contributed by atoms with Crippen molar-refractivity contribution in [1.29, 1.82) is 0 Å². The van der Waals surface area contributed by atoms with Crippen molar-refractivity contribution in [3.05, 3.63) is 47.7 Å². The maximum atomic E-state index is 11.1. The van der Waals surface area contributed by atoms with Crippen LogP contribution >= 0.6 is 0 Å². The second-order valence-corrected chi connectivity index (χ2v) is 3.78. The summed E-state index contributed by atoms with van der Waals surface area (Å²) in [6.45, 7) is 0.879. The van der Waals surface area contributed by atoms with Crippen LogP contribution in [0.5, 0.6) is 0 Å². The average molecular weight is 197 g/mol. The molecule has 0 saturated carbocycles. The number of para-hydroxylation sites is 1. The van der Waals surface area contributed by atoms with Gasteiger partial charge in [0.15, 0.2) is 6.29 Å². The van der Waals surface area contributed by atoms with E-state index >= 15 is 0 Å². The summed E-state index contributed by atoms with van der Waals surface area (Å²) < 4.78 is 2.22. The number of rotatable bonds is 1. The van der Waals surface area contributed by atoms with E-state index in [0.717, 1.165) is 35.9 Å². The summed E-state index contributed by atoms with van der Waals surface area (Å²) in [6.07, 6.45) is 6.12. The Morgan fingerprint density at radius 2 is 2.07 bits per heavy atom. The maximum absolute atomic E-state index is 11.1. The van der Waals surface area contributed by atoms with Gasteiger partial charge in [0.25, 0.3) is 0 Å². The molecule has 0 atom stereocenters. The molecule has 15 heavy (non-hydrogen) atoms. The number of hydrogen-bond acceptors (Lipinski definition) is 1. The molecule has 2 nitrogen and oxygen atoms in total. The van der Waals surface area contributed by atoms with Gasteiger partial charge < -0.3 is 4.57 Å². The standard InChI is InChI=1S/C13H11NO/c15-9-11-10-5-1-2-6-12(10)14-8-4-3-7-13(11)14/h1-6,9H,7-8H2. The Morgan fingerprint density at radius 3 is 2.93 bits per heavy atom. The highest BCUT2D eigenvalue weighted by Crippen LogP contribution is 2.27. The summed E-state index contributed by atoms with van der Waals surface area (Å²) in [5.41, 5.74) is 3.17. The fraction of sp³-hybridized carbons (Fsp3) is 0.154. The number of aldehydes is 1. The van der Waals surface area contributed by atoms with Crippen LogP contribution in [0, 0.1) is 0 Å². The third kappa shape index (κ3) is 1.08. The first-order chi connectivity index (χ1) is 7.42. The molecule has 2 heteroatoms. The minimum atomic E-state index is 0.856. The van der Waals surface area contributed by atoms with Gasteiger partial charge in [-0.1, -0.05) is 30.4 Å². The minimum Gasteiger partial charge on any atom is -0.340 e. The fourth-order valence-electron chi connectivity index (χ4n) is 2.32. The van der Waals surface area contributed by atoms with Gasteiger partial charge in [0, 0.05) is 35.1 Å². The molecule has 0 unspecified atom stereocenters. The quantitative estimate of drug-likeness (QED) is 0.508. The molecule has 2 aromatic rings. The van der Waals surface area contributed by atoms with Crippen molar-refractivity contribution in [3.63, 3.8) is 0 Å². The summed E-state index contributed by atoms with van der Waals surface area (Å²) in [5.74, 6) is 0. The van der Waals surface area contributed by atoms with Crippen molar-refractivity contribution >= 4 is 17.2 Å². The molecule has 0 N–H and O–H groups in total. The molecule has 0 aliphatic carbocycles. The lowest BCUT2D eigenvalue weighted by Gasteiger charge is -2.11. The van der Waals surface area contributed by atoms with E-state index in [1.807, 2.05) is 18.2 Å². The van der Waals surface area contributed by atoms with Gasteiger partial charge in [-0.05, 0) is 6.07 Å². The zero-order chi connectivity index (χ0) is 10.3. The predicted molar refractivity (Wildman–Crippen MR) is 60.2 cm³/mol. The second kappa shape index (κ2) is 3.09. The molecule has 0 bridgehead atoms. The highest BCUT2D eigenvalue weighted by atomic mass is 16.1. The van der Waals surface area contributed by atoms with Crippen molar-refractivity contribution in [3.8, 4) is 0 Å². The first-order valence-corrected chi connectivity index (χ1v) is 5.12. The van der Waals surface area contributed by atoms with Gasteiger partial charge in [-0.2, -0.15) is 0 Å². The number of nitrogens with zero attached hydrogens (tertiary/aromatic N) is 1. The molecular weight excluding hydrogens is 186 g/mol. The van der Waals surface area contributed by atoms with E-state index in [1.54, 1.807) is 0 Å². The molecule has 3 rings (SSSR count). The average Bonchev–Trinajstić information content (AvgIpc) is 2.63. The van der Waals surface area contributed by atoms with Crippen molar-refractivity contribution in [1.82, 2.24) is 4.57 Å². The van der Waals surface area contributed by atoms with Gasteiger partial charge in [0.2, 0.25) is 0 Å². The Labute approximate surface area is 87.8 Å². The molecule has 0 saturated heterocycles. The van der Waals surface area contributed by atoms with E-state index in [9.17, 15) is 4.79 Å². The topological polar surface area (TPSA) is 22.0 Å². The SMILES string of the molecule is O=Cc1c2n(c3ccccc13)CC=CC2. The molecule has 2 heterocycles. The number of carbonyl (C=O) groups excluding carboxylic acids is 1. The molecule has 1 aliphatic rings. The van der Waals surface area contributed by atoms with Crippen LogP contribution in [0.25, 0.3) is 10.9 Å². The molecule has 0 spiro atoms. The van der Waals surface area contributed by atoms with Crippen LogP contribution in [0.3, 0.4) is 0 Å². The summed E-state index contributed by atoms with van der Waals surface area (Å²) >= 11 is 0. The van der Waals surface area contributed by atoms with E-state index in [2.05, 4.69) is 22.8 Å². The molecule has 74 valence electrons. The van der Waals surface area contributed by atoms with Crippen molar-refractivity contribution in [2.75, 3.05) is 0 Å². The van der Waals surface area contributed by atoms with Gasteiger partial charge in [-0.3, -0.25) is 4.79 Å². The van der Waals surface area contributed by atoms with E-state index < -0.39 is 0 Å². The van der Waals surface area contributed by atoms with Crippen molar-refractivity contribution in [2.45, 2.75) is 13.0 Å². The first kappa shape index (κ1) is 8.48. The van der Waals surface area contributed by atoms with Crippen LogP contribution in [-0.4, -0.2) is 10.9 Å². The number of hydrogen-bond donors (Lipinski definition) is 0. The molecule has 1 aliphatic heterocycles. The number of aromatic nitrogens is 1. The Hall–Kier alpha value is -1.83. The normalized spacial score (nSPS) is 14.1. The third-order valence-corrected chi connectivity index (χ3v) is 3.01. The van der Waals surface area contributed by atoms with Gasteiger partial charge in [-0.25, -0.2) is 0 Å². The van der Waals surface area contributed by atoms with E-state index in [4.69, 9.17) is 0 Å². The highest BCUT2D eigenvalue weighted by Gasteiger charge is 2.16. The summed E-state index contributed by atoms with van der Waals surface area (Å²) in [7, 11) is 0. The first-order valence-electron chi connectivity index (χ1n) is 5.12. The number of fused-ring (bicyclic) bond motifs is 3. The monoisotopic (exact) mass is 197 g/mol. The predicted octanol–water partition coefficient (Wildman–Crippen LogP) is 2.57. The van der Waals surface area contributed by atoms with Gasteiger partial charge in [0.05, 0.1) is 0 Å². The van der Waals surface area contributed by atoms with E-state index in [0.29, 0.717) is 0 Å². The number of allylic oxidation sites excluding steroid dienone is 2. The molecule has 1 aromatic heterocycles. The largest absolute Gasteiger partial charge is 0.340 e. The Balaban J connectivity index is 2.44. The second-order valence-electron chi connectivity index (χ2n) is 3.78. The lowest BCUT2D eigenvalue weighted by molar-refractivity contribution is 0.112. The maximum Gasteiger partial charge on any atom is 0.152 e. The highest BCUT2D eigenvalue weighted by molar-refractivity contribution is 5.99. The van der Waals surface area contributed by atoms with Crippen molar-refractivity contribution < 1.29 is 4.79 Å². The Morgan fingerprint density at radius 1 is 1.20 bits per heavy atom. The molecule has 1 aromatic carbocycles. The lowest BCUT2D eigenvalue weighted by Crippen LogP contribution is -2.06. The third-order valence-electron chi connectivity index (χ3n) is 3.01. The summed E-state index contributed by atoms with van der Waals surface area (Å²) in [6, 6.07) is 8.09. The molecular formula is C13H11NO. The zero-order valence-corrected chi connectivity index (χ0v) is 8.31. The summed E-state index contributed by atoms with van der Waals surface area (Å²) in [4.78, 5) is 11.1. The molecule has 0 amide bonds. The lowest BCUT2D eigenvalue weighted by atomic mass is 10.1. The molecule has 0 radical (unpaired) electrons. The van der Waals surface area contributed by atoms with Crippen molar-refractivity contribution in [2.24, 2.45) is 0 Å². The van der Waals surface area contributed by atoms with Crippen LogP contribution in [-0.2, 0) is 13.0 Å². The van der Waals surface area contributed by atoms with E-state index in [1.165, 1.54) is 5.52 Å². The molecule has 0 fully saturated rings. The van der Waals surface area contributed by atoms with Gasteiger partial charge in [-0.15, -0.1) is 0 Å². The smallest absolute Gasteiger partial charge is 0.152 e. The van der Waals surface area contributed by atoms with Gasteiger partial charge >= 0.3 is 0 Å². The van der Waals surface area contributed by atoms with Crippen LogP contribution in [0.1, 0.15) is 16.1 Å². The Kier molecular flexibility index (Phi) is 1.75. The van der Waals surface area contributed by atoms with Crippen LogP contribution in [0.15, 0.2) is 36.4 Å². The van der Waals surface area contributed by atoms with Crippen LogP contribution in [0.4, 0.5) is 0 Å². The van der Waals surface area contributed by atoms with Crippen LogP contribution < -0.4 is 0 Å².